The lowest BCUT2D eigenvalue weighted by atomic mass is 10.0. The molecule has 3 atom stereocenters. The molecule has 1 fully saturated rings. The van der Waals surface area contributed by atoms with Crippen LogP contribution in [0.3, 0.4) is 0 Å². The van der Waals surface area contributed by atoms with Gasteiger partial charge in [0.25, 0.3) is 0 Å². The van der Waals surface area contributed by atoms with E-state index in [1.165, 1.54) is 24.8 Å². The Morgan fingerprint density at radius 1 is 1.35 bits per heavy atom. The van der Waals surface area contributed by atoms with Gasteiger partial charge in [0.1, 0.15) is 5.75 Å². The van der Waals surface area contributed by atoms with Gasteiger partial charge in [-0.1, -0.05) is 24.6 Å². The Balaban J connectivity index is 1.91. The fraction of sp³-hybridized carbons (Fsp3) is 0.647. The first kappa shape index (κ1) is 15.3. The van der Waals surface area contributed by atoms with Gasteiger partial charge in [0.15, 0.2) is 0 Å². The molecule has 0 heterocycles. The second-order valence-electron chi connectivity index (χ2n) is 6.16. The van der Waals surface area contributed by atoms with Crippen LogP contribution in [0, 0.1) is 5.92 Å². The molecule has 0 spiro atoms. The van der Waals surface area contributed by atoms with Gasteiger partial charge in [-0.3, -0.25) is 0 Å². The molecule has 2 rings (SSSR count). The number of nitrogens with zero attached hydrogens (tertiary/aromatic N) is 1. The SMILES string of the molecule is COc1ccccc1CC(C)N(C)CC1CCCC1N. The number of methoxy groups -OCH3 is 1. The van der Waals surface area contributed by atoms with E-state index < -0.39 is 0 Å². The highest BCUT2D eigenvalue weighted by molar-refractivity contribution is 5.33. The average Bonchev–Trinajstić information content (AvgIpc) is 2.84. The second kappa shape index (κ2) is 7.09. The molecule has 1 aromatic rings. The standard InChI is InChI=1S/C17H28N2O/c1-13(11-14-7-4-5-10-17(14)20-3)19(2)12-15-8-6-9-16(15)18/h4-5,7,10,13,15-16H,6,8-9,11-12,18H2,1-3H3. The first-order chi connectivity index (χ1) is 9.61. The molecule has 0 radical (unpaired) electrons. The minimum atomic E-state index is 0.399. The summed E-state index contributed by atoms with van der Waals surface area (Å²) >= 11 is 0. The van der Waals surface area contributed by atoms with Crippen LogP contribution in [0.25, 0.3) is 0 Å². The number of benzene rings is 1. The fourth-order valence-electron chi connectivity index (χ4n) is 3.19. The molecule has 0 bridgehead atoms. The summed E-state index contributed by atoms with van der Waals surface area (Å²) in [6.07, 6.45) is 4.79. The highest BCUT2D eigenvalue weighted by Gasteiger charge is 2.26. The van der Waals surface area contributed by atoms with Crippen LogP contribution >= 0.6 is 0 Å². The summed E-state index contributed by atoms with van der Waals surface area (Å²) in [6, 6.07) is 9.19. The van der Waals surface area contributed by atoms with E-state index in [1.807, 2.05) is 12.1 Å². The molecule has 20 heavy (non-hydrogen) atoms. The summed E-state index contributed by atoms with van der Waals surface area (Å²) in [4.78, 5) is 2.45. The first-order valence-corrected chi connectivity index (χ1v) is 7.69. The Hall–Kier alpha value is -1.06. The van der Waals surface area contributed by atoms with Crippen molar-refractivity contribution in [3.05, 3.63) is 29.8 Å². The summed E-state index contributed by atoms with van der Waals surface area (Å²) in [5, 5.41) is 0. The van der Waals surface area contributed by atoms with E-state index >= 15 is 0 Å². The number of nitrogens with two attached hydrogens (primary N) is 1. The molecule has 1 aliphatic rings. The smallest absolute Gasteiger partial charge is 0.122 e. The number of hydrogen-bond donors (Lipinski definition) is 1. The summed E-state index contributed by atoms with van der Waals surface area (Å²) < 4.78 is 5.44. The Morgan fingerprint density at radius 3 is 2.75 bits per heavy atom. The molecule has 3 nitrogen and oxygen atoms in total. The van der Waals surface area contributed by atoms with Crippen LogP contribution in [0.2, 0.25) is 0 Å². The second-order valence-corrected chi connectivity index (χ2v) is 6.16. The van der Waals surface area contributed by atoms with Crippen molar-refractivity contribution in [3.63, 3.8) is 0 Å². The predicted molar refractivity (Wildman–Crippen MR) is 84.1 cm³/mol. The topological polar surface area (TPSA) is 38.5 Å². The van der Waals surface area contributed by atoms with E-state index in [1.54, 1.807) is 7.11 Å². The zero-order valence-electron chi connectivity index (χ0n) is 13.0. The van der Waals surface area contributed by atoms with E-state index in [0.717, 1.165) is 18.7 Å². The van der Waals surface area contributed by atoms with E-state index in [-0.39, 0.29) is 0 Å². The maximum Gasteiger partial charge on any atom is 0.122 e. The van der Waals surface area contributed by atoms with Gasteiger partial charge in [-0.15, -0.1) is 0 Å². The lowest BCUT2D eigenvalue weighted by molar-refractivity contribution is 0.209. The van der Waals surface area contributed by atoms with Crippen LogP contribution < -0.4 is 10.5 Å². The highest BCUT2D eigenvalue weighted by Crippen LogP contribution is 2.26. The predicted octanol–water partition coefficient (Wildman–Crippen LogP) is 2.69. The summed E-state index contributed by atoms with van der Waals surface area (Å²) in [5.74, 6) is 1.66. The lowest BCUT2D eigenvalue weighted by Crippen LogP contribution is -2.39. The third-order valence-corrected chi connectivity index (χ3v) is 4.70. The Labute approximate surface area is 123 Å². The summed E-state index contributed by atoms with van der Waals surface area (Å²) in [6.45, 7) is 3.39. The van der Waals surface area contributed by atoms with Gasteiger partial charge >= 0.3 is 0 Å². The Morgan fingerprint density at radius 2 is 2.10 bits per heavy atom. The van der Waals surface area contributed by atoms with Gasteiger partial charge in [0.2, 0.25) is 0 Å². The number of para-hydroxylation sites is 1. The first-order valence-electron chi connectivity index (χ1n) is 7.69. The monoisotopic (exact) mass is 276 g/mol. The van der Waals surface area contributed by atoms with E-state index in [9.17, 15) is 0 Å². The molecule has 1 saturated carbocycles. The maximum atomic E-state index is 6.18. The van der Waals surface area contributed by atoms with Gasteiger partial charge in [-0.05, 0) is 50.8 Å². The Bertz CT molecular complexity index is 421. The highest BCUT2D eigenvalue weighted by atomic mass is 16.5. The molecule has 3 heteroatoms. The molecule has 3 unspecified atom stereocenters. The molecule has 0 saturated heterocycles. The normalized spacial score (nSPS) is 24.1. The van der Waals surface area contributed by atoms with Crippen molar-refractivity contribution in [2.45, 2.75) is 44.7 Å². The van der Waals surface area contributed by atoms with Crippen LogP contribution in [0.5, 0.6) is 5.75 Å². The number of hydrogen-bond acceptors (Lipinski definition) is 3. The van der Waals surface area contributed by atoms with Crippen LogP contribution in [0.15, 0.2) is 24.3 Å². The van der Waals surface area contributed by atoms with Crippen LogP contribution in [0.4, 0.5) is 0 Å². The molecule has 0 aliphatic heterocycles. The summed E-state index contributed by atoms with van der Waals surface area (Å²) in [5.41, 5.74) is 7.46. The number of ether oxygens (including phenoxy) is 1. The Kier molecular flexibility index (Phi) is 5.44. The van der Waals surface area contributed by atoms with Crippen LogP contribution in [-0.2, 0) is 6.42 Å². The molecule has 0 aromatic heterocycles. The van der Waals surface area contributed by atoms with Crippen molar-refractivity contribution < 1.29 is 4.74 Å². The molecule has 1 aromatic carbocycles. The lowest BCUT2D eigenvalue weighted by Gasteiger charge is -2.29. The van der Waals surface area contributed by atoms with E-state index in [0.29, 0.717) is 18.0 Å². The molecule has 1 aliphatic carbocycles. The van der Waals surface area contributed by atoms with Gasteiger partial charge in [0, 0.05) is 18.6 Å². The van der Waals surface area contributed by atoms with Crippen LogP contribution in [0.1, 0.15) is 31.7 Å². The summed E-state index contributed by atoms with van der Waals surface area (Å²) in [7, 11) is 3.95. The third-order valence-electron chi connectivity index (χ3n) is 4.70. The maximum absolute atomic E-state index is 6.18. The zero-order valence-corrected chi connectivity index (χ0v) is 13.0. The zero-order chi connectivity index (χ0) is 14.5. The van der Waals surface area contributed by atoms with Crippen molar-refractivity contribution >= 4 is 0 Å². The minimum absolute atomic E-state index is 0.399. The largest absolute Gasteiger partial charge is 0.496 e. The molecule has 0 amide bonds. The van der Waals surface area contributed by atoms with Crippen molar-refractivity contribution in [1.82, 2.24) is 4.90 Å². The average molecular weight is 276 g/mol. The van der Waals surface area contributed by atoms with Crippen LogP contribution in [-0.4, -0.2) is 37.7 Å². The van der Waals surface area contributed by atoms with Gasteiger partial charge < -0.3 is 15.4 Å². The molecular weight excluding hydrogens is 248 g/mol. The molecule has 2 N–H and O–H groups in total. The fourth-order valence-corrected chi connectivity index (χ4v) is 3.19. The minimum Gasteiger partial charge on any atom is -0.496 e. The number of rotatable bonds is 6. The van der Waals surface area contributed by atoms with Crippen molar-refractivity contribution in [2.24, 2.45) is 11.7 Å². The van der Waals surface area contributed by atoms with Gasteiger partial charge in [-0.25, -0.2) is 0 Å². The quantitative estimate of drug-likeness (QED) is 0.868. The van der Waals surface area contributed by atoms with E-state index in [4.69, 9.17) is 10.5 Å². The van der Waals surface area contributed by atoms with Gasteiger partial charge in [-0.2, -0.15) is 0 Å². The van der Waals surface area contributed by atoms with Crippen molar-refractivity contribution in [2.75, 3.05) is 20.7 Å². The molecule has 112 valence electrons. The van der Waals surface area contributed by atoms with Gasteiger partial charge in [0.05, 0.1) is 7.11 Å². The third kappa shape index (κ3) is 3.74. The molecular formula is C17H28N2O. The van der Waals surface area contributed by atoms with E-state index in [2.05, 4.69) is 31.0 Å². The van der Waals surface area contributed by atoms with Crippen molar-refractivity contribution in [1.29, 1.82) is 0 Å². The number of likely N-dealkylation sites (N-methyl/N-ethyl adjacent to an activating group) is 1. The van der Waals surface area contributed by atoms with Crippen molar-refractivity contribution in [3.8, 4) is 5.75 Å².